The van der Waals surface area contributed by atoms with Gasteiger partial charge in [-0.25, -0.2) is 4.98 Å². The number of nitrogens with two attached hydrogens (primary N) is 1. The lowest BCUT2D eigenvalue weighted by molar-refractivity contribution is 1.30. The molecule has 0 radical (unpaired) electrons. The molecule has 0 amide bonds. The van der Waals surface area contributed by atoms with Crippen molar-refractivity contribution in [3.63, 3.8) is 0 Å². The molecule has 58 valence electrons. The van der Waals surface area contributed by atoms with E-state index in [1.54, 1.807) is 12.3 Å². The highest BCUT2D eigenvalue weighted by Gasteiger charge is 2.03. The van der Waals surface area contributed by atoms with Gasteiger partial charge in [0, 0.05) is 16.2 Å². The van der Waals surface area contributed by atoms with Crippen LogP contribution in [0.4, 0.5) is 0 Å². The van der Waals surface area contributed by atoms with Crippen LogP contribution in [-0.4, -0.2) is 9.97 Å². The quantitative estimate of drug-likeness (QED) is 0.614. The van der Waals surface area contributed by atoms with Crippen LogP contribution in [0.3, 0.4) is 0 Å². The van der Waals surface area contributed by atoms with Crippen LogP contribution < -0.4 is 5.73 Å². The van der Waals surface area contributed by atoms with Crippen molar-refractivity contribution in [3.05, 3.63) is 27.5 Å². The van der Waals surface area contributed by atoms with Crippen molar-refractivity contribution in [1.29, 1.82) is 0 Å². The predicted molar refractivity (Wildman–Crippen MR) is 52.8 cm³/mol. The van der Waals surface area contributed by atoms with Gasteiger partial charge in [-0.2, -0.15) is 0 Å². The third kappa shape index (κ3) is 2.12. The standard InChI is InChI=1S/C6H4BrClN2S/c7-4-2-10-5(8)1-3(4)6(9)11/h1-2H,(H2,9,11). The van der Waals surface area contributed by atoms with Crippen LogP contribution in [0.15, 0.2) is 16.7 Å². The first-order valence-corrected chi connectivity index (χ1v) is 4.30. The summed E-state index contributed by atoms with van der Waals surface area (Å²) >= 11 is 13.6. The summed E-state index contributed by atoms with van der Waals surface area (Å²) in [6.45, 7) is 0. The zero-order valence-corrected chi connectivity index (χ0v) is 8.50. The molecule has 2 nitrogen and oxygen atoms in total. The van der Waals surface area contributed by atoms with E-state index in [0.717, 1.165) is 4.47 Å². The Hall–Kier alpha value is -0.190. The van der Waals surface area contributed by atoms with E-state index in [1.165, 1.54) is 0 Å². The summed E-state index contributed by atoms with van der Waals surface area (Å²) in [6.07, 6.45) is 1.57. The maximum Gasteiger partial charge on any atom is 0.129 e. The van der Waals surface area contributed by atoms with E-state index in [1.807, 2.05) is 0 Å². The van der Waals surface area contributed by atoms with Crippen molar-refractivity contribution < 1.29 is 0 Å². The van der Waals surface area contributed by atoms with Gasteiger partial charge in [-0.1, -0.05) is 23.8 Å². The summed E-state index contributed by atoms with van der Waals surface area (Å²) in [5.41, 5.74) is 6.11. The second-order valence-corrected chi connectivity index (χ2v) is 3.53. The van der Waals surface area contributed by atoms with Gasteiger partial charge in [-0.05, 0) is 22.0 Å². The minimum atomic E-state index is 0.307. The molecule has 1 aromatic rings. The maximum atomic E-state index is 5.61. The number of nitrogens with zero attached hydrogens (tertiary/aromatic N) is 1. The summed E-state index contributed by atoms with van der Waals surface area (Å²) in [5.74, 6) is 0. The highest BCUT2D eigenvalue weighted by Crippen LogP contribution is 2.18. The molecule has 0 fully saturated rings. The molecule has 0 saturated carbocycles. The van der Waals surface area contributed by atoms with Crippen LogP contribution in [0, 0.1) is 0 Å². The molecule has 5 heteroatoms. The van der Waals surface area contributed by atoms with Gasteiger partial charge in [0.15, 0.2) is 0 Å². The summed E-state index contributed by atoms with van der Waals surface area (Å²) in [7, 11) is 0. The second-order valence-electron chi connectivity index (χ2n) is 1.85. The lowest BCUT2D eigenvalue weighted by Gasteiger charge is -2.00. The highest BCUT2D eigenvalue weighted by atomic mass is 79.9. The Morgan fingerprint density at radius 2 is 2.36 bits per heavy atom. The fourth-order valence-corrected chi connectivity index (χ4v) is 1.49. The fraction of sp³-hybridized carbons (Fsp3) is 0. The second kappa shape index (κ2) is 3.47. The molecule has 1 rings (SSSR count). The van der Waals surface area contributed by atoms with Gasteiger partial charge in [-0.15, -0.1) is 0 Å². The normalized spacial score (nSPS) is 9.64. The van der Waals surface area contributed by atoms with E-state index in [2.05, 4.69) is 20.9 Å². The zero-order valence-electron chi connectivity index (χ0n) is 5.34. The molecule has 1 heterocycles. The van der Waals surface area contributed by atoms with E-state index in [9.17, 15) is 0 Å². The molecule has 0 bridgehead atoms. The monoisotopic (exact) mass is 250 g/mol. The molecule has 0 aliphatic carbocycles. The van der Waals surface area contributed by atoms with E-state index >= 15 is 0 Å². The van der Waals surface area contributed by atoms with Crippen LogP contribution in [0.25, 0.3) is 0 Å². The van der Waals surface area contributed by atoms with Gasteiger partial charge in [0.25, 0.3) is 0 Å². The maximum absolute atomic E-state index is 5.61. The molecule has 0 unspecified atom stereocenters. The molecule has 1 aromatic heterocycles. The molecule has 2 N–H and O–H groups in total. The molecular weight excluding hydrogens is 248 g/mol. The summed E-state index contributed by atoms with van der Waals surface area (Å²) in [6, 6.07) is 1.62. The number of halogens is 2. The lowest BCUT2D eigenvalue weighted by atomic mass is 10.3. The van der Waals surface area contributed by atoms with Gasteiger partial charge in [0.1, 0.15) is 10.1 Å². The van der Waals surface area contributed by atoms with Crippen molar-refractivity contribution in [2.24, 2.45) is 5.73 Å². The third-order valence-electron chi connectivity index (χ3n) is 1.09. The Labute approximate surface area is 82.9 Å². The Kier molecular flexibility index (Phi) is 2.81. The smallest absolute Gasteiger partial charge is 0.129 e. The van der Waals surface area contributed by atoms with Crippen molar-refractivity contribution in [3.8, 4) is 0 Å². The Morgan fingerprint density at radius 1 is 1.73 bits per heavy atom. The summed E-state index contributed by atoms with van der Waals surface area (Å²) in [5, 5.41) is 0.385. The molecular formula is C6H4BrClN2S. The molecule has 0 aliphatic rings. The van der Waals surface area contributed by atoms with Crippen molar-refractivity contribution >= 4 is 44.7 Å². The van der Waals surface area contributed by atoms with Crippen LogP contribution in [0.5, 0.6) is 0 Å². The number of pyridine rings is 1. The first-order chi connectivity index (χ1) is 5.11. The number of hydrogen-bond donors (Lipinski definition) is 1. The van der Waals surface area contributed by atoms with Crippen LogP contribution in [-0.2, 0) is 0 Å². The Balaban J connectivity index is 3.23. The fourth-order valence-electron chi connectivity index (χ4n) is 0.602. The van der Waals surface area contributed by atoms with Gasteiger partial charge < -0.3 is 5.73 Å². The number of aromatic nitrogens is 1. The van der Waals surface area contributed by atoms with E-state index in [-0.39, 0.29) is 0 Å². The van der Waals surface area contributed by atoms with E-state index in [4.69, 9.17) is 29.6 Å². The van der Waals surface area contributed by atoms with Gasteiger partial charge in [-0.3, -0.25) is 0 Å². The summed E-state index contributed by atoms with van der Waals surface area (Å²) in [4.78, 5) is 4.13. The molecule has 0 saturated heterocycles. The SMILES string of the molecule is NC(=S)c1cc(Cl)ncc1Br. The van der Waals surface area contributed by atoms with Gasteiger partial charge in [0.05, 0.1) is 0 Å². The number of hydrogen-bond acceptors (Lipinski definition) is 2. The Morgan fingerprint density at radius 3 is 2.82 bits per heavy atom. The molecule has 11 heavy (non-hydrogen) atoms. The molecule has 0 aliphatic heterocycles. The van der Waals surface area contributed by atoms with Crippen molar-refractivity contribution in [2.75, 3.05) is 0 Å². The van der Waals surface area contributed by atoms with Crippen molar-refractivity contribution in [2.45, 2.75) is 0 Å². The topological polar surface area (TPSA) is 38.9 Å². The van der Waals surface area contributed by atoms with Gasteiger partial charge in [0.2, 0.25) is 0 Å². The largest absolute Gasteiger partial charge is 0.389 e. The lowest BCUT2D eigenvalue weighted by Crippen LogP contribution is -2.10. The summed E-state index contributed by atoms with van der Waals surface area (Å²) < 4.78 is 0.759. The Bertz CT molecular complexity index is 303. The highest BCUT2D eigenvalue weighted by molar-refractivity contribution is 9.10. The van der Waals surface area contributed by atoms with E-state index in [0.29, 0.717) is 15.7 Å². The predicted octanol–water partition coefficient (Wildman–Crippen LogP) is 2.13. The molecule has 0 aromatic carbocycles. The molecule has 0 spiro atoms. The zero-order chi connectivity index (χ0) is 8.43. The third-order valence-corrected chi connectivity index (χ3v) is 2.15. The minimum absolute atomic E-state index is 0.307. The van der Waals surface area contributed by atoms with E-state index < -0.39 is 0 Å². The number of thiocarbonyl (C=S) groups is 1. The van der Waals surface area contributed by atoms with Crippen LogP contribution in [0.2, 0.25) is 5.15 Å². The minimum Gasteiger partial charge on any atom is -0.389 e. The number of rotatable bonds is 1. The molecule has 0 atom stereocenters. The van der Waals surface area contributed by atoms with Crippen LogP contribution >= 0.6 is 39.7 Å². The first kappa shape index (κ1) is 8.90. The average Bonchev–Trinajstić information content (AvgIpc) is 1.94. The first-order valence-electron chi connectivity index (χ1n) is 2.72. The van der Waals surface area contributed by atoms with Crippen LogP contribution in [0.1, 0.15) is 5.56 Å². The van der Waals surface area contributed by atoms with Crippen molar-refractivity contribution in [1.82, 2.24) is 4.98 Å². The average molecular weight is 252 g/mol. The van der Waals surface area contributed by atoms with Gasteiger partial charge >= 0.3 is 0 Å².